The quantitative estimate of drug-likeness (QED) is 0.540. The van der Waals surface area contributed by atoms with Crippen molar-refractivity contribution in [2.75, 3.05) is 0 Å². The van der Waals surface area contributed by atoms with Gasteiger partial charge in [0.2, 0.25) is 5.79 Å². The number of fused-ring (bicyclic) bond motifs is 1. The van der Waals surface area contributed by atoms with Crippen molar-refractivity contribution in [1.29, 1.82) is 0 Å². The van der Waals surface area contributed by atoms with Gasteiger partial charge in [0, 0.05) is 12.5 Å². The normalized spacial score (nSPS) is 35.0. The Morgan fingerprint density at radius 3 is 3.10 bits per heavy atom. The molecule has 2 nitrogen and oxygen atoms in total. The predicted molar refractivity (Wildman–Crippen MR) is 37.0 cm³/mol. The van der Waals surface area contributed by atoms with Crippen LogP contribution in [0.2, 0.25) is 0 Å². The molecular weight excluding hydrogens is 128 g/mol. The van der Waals surface area contributed by atoms with Crippen molar-refractivity contribution >= 4 is 0 Å². The lowest BCUT2D eigenvalue weighted by Gasteiger charge is -2.13. The maximum Gasteiger partial charge on any atom is 0.226 e. The van der Waals surface area contributed by atoms with Crippen molar-refractivity contribution in [1.82, 2.24) is 0 Å². The number of hydrogen-bond acceptors (Lipinski definition) is 2. The largest absolute Gasteiger partial charge is 0.459 e. The molecule has 2 heteroatoms. The Hall–Kier alpha value is -1.02. The van der Waals surface area contributed by atoms with Gasteiger partial charge in [-0.2, -0.15) is 0 Å². The predicted octanol–water partition coefficient (Wildman–Crippen LogP) is 1.11. The molecule has 1 N–H and O–H groups in total. The molecule has 1 heterocycles. The zero-order valence-corrected chi connectivity index (χ0v) is 5.66. The van der Waals surface area contributed by atoms with Crippen LogP contribution >= 0.6 is 0 Å². The molecule has 0 aromatic rings. The Kier molecular flexibility index (Phi) is 0.874. The second-order valence-corrected chi connectivity index (χ2v) is 2.65. The molecular formula is C8H8O2. The molecule has 10 heavy (non-hydrogen) atoms. The van der Waals surface area contributed by atoms with E-state index in [0.717, 1.165) is 11.3 Å². The minimum absolute atomic E-state index is 0.769. The molecule has 0 radical (unpaired) electrons. The van der Waals surface area contributed by atoms with Crippen LogP contribution in [0.15, 0.2) is 35.6 Å². The zero-order valence-electron chi connectivity index (χ0n) is 5.66. The molecule has 2 aliphatic rings. The standard InChI is InChI=1S/C8H8O2/c1-8(9)5-6-3-2-4-7(6)10-8/h2-5,9H,1H3. The summed E-state index contributed by atoms with van der Waals surface area (Å²) in [7, 11) is 0. The van der Waals surface area contributed by atoms with E-state index in [-0.39, 0.29) is 0 Å². The van der Waals surface area contributed by atoms with E-state index in [9.17, 15) is 5.11 Å². The molecule has 0 bridgehead atoms. The zero-order chi connectivity index (χ0) is 7.19. The lowest BCUT2D eigenvalue weighted by atomic mass is 10.2. The number of allylic oxidation sites excluding steroid dienone is 3. The first-order valence-corrected chi connectivity index (χ1v) is 3.20. The van der Waals surface area contributed by atoms with Crippen LogP contribution in [0.3, 0.4) is 0 Å². The smallest absolute Gasteiger partial charge is 0.226 e. The van der Waals surface area contributed by atoms with Crippen LogP contribution in [-0.2, 0) is 4.74 Å². The van der Waals surface area contributed by atoms with E-state index in [1.54, 1.807) is 13.0 Å². The Morgan fingerprint density at radius 1 is 1.60 bits per heavy atom. The average Bonchev–Trinajstić information content (AvgIpc) is 2.20. The monoisotopic (exact) mass is 136 g/mol. The molecule has 1 atom stereocenters. The van der Waals surface area contributed by atoms with Crippen LogP contribution in [0.25, 0.3) is 0 Å². The summed E-state index contributed by atoms with van der Waals surface area (Å²) in [5.74, 6) is -0.323. The van der Waals surface area contributed by atoms with Crippen LogP contribution in [-0.4, -0.2) is 10.9 Å². The van der Waals surface area contributed by atoms with E-state index in [2.05, 4.69) is 0 Å². The van der Waals surface area contributed by atoms with Gasteiger partial charge in [0.05, 0.1) is 0 Å². The van der Waals surface area contributed by atoms with Crippen molar-refractivity contribution < 1.29 is 9.84 Å². The highest BCUT2D eigenvalue weighted by atomic mass is 16.6. The van der Waals surface area contributed by atoms with Crippen LogP contribution < -0.4 is 0 Å². The van der Waals surface area contributed by atoms with Crippen molar-refractivity contribution in [3.05, 3.63) is 35.6 Å². The number of aliphatic hydroxyl groups is 1. The first-order valence-electron chi connectivity index (χ1n) is 3.20. The third-order valence-corrected chi connectivity index (χ3v) is 1.55. The van der Waals surface area contributed by atoms with E-state index in [0.29, 0.717) is 0 Å². The second kappa shape index (κ2) is 1.52. The molecule has 0 spiro atoms. The van der Waals surface area contributed by atoms with Crippen LogP contribution in [0, 0.1) is 0 Å². The van der Waals surface area contributed by atoms with Gasteiger partial charge in [0.25, 0.3) is 0 Å². The fourth-order valence-corrected chi connectivity index (χ4v) is 1.17. The minimum atomic E-state index is -1.09. The average molecular weight is 136 g/mol. The fourth-order valence-electron chi connectivity index (χ4n) is 1.17. The van der Waals surface area contributed by atoms with Gasteiger partial charge >= 0.3 is 0 Å². The highest BCUT2D eigenvalue weighted by Crippen LogP contribution is 2.32. The van der Waals surface area contributed by atoms with Gasteiger partial charge in [-0.1, -0.05) is 12.2 Å². The molecule has 0 amide bonds. The topological polar surface area (TPSA) is 29.5 Å². The Balaban J connectivity index is 2.42. The Morgan fingerprint density at radius 2 is 2.40 bits per heavy atom. The third kappa shape index (κ3) is 0.693. The molecule has 1 unspecified atom stereocenters. The van der Waals surface area contributed by atoms with Crippen molar-refractivity contribution in [3.8, 4) is 0 Å². The highest BCUT2D eigenvalue weighted by molar-refractivity contribution is 5.48. The van der Waals surface area contributed by atoms with Gasteiger partial charge in [-0.25, -0.2) is 0 Å². The van der Waals surface area contributed by atoms with Gasteiger partial charge in [-0.05, 0) is 12.2 Å². The summed E-state index contributed by atoms with van der Waals surface area (Å²) in [5, 5.41) is 9.33. The molecule has 52 valence electrons. The SMILES string of the molecule is CC1(O)C=C2C=CC=C2O1. The number of hydrogen-bond donors (Lipinski definition) is 1. The molecule has 1 aliphatic carbocycles. The van der Waals surface area contributed by atoms with Crippen LogP contribution in [0.1, 0.15) is 6.92 Å². The Bertz CT molecular complexity index is 256. The first-order chi connectivity index (χ1) is 4.67. The molecule has 0 saturated carbocycles. The molecule has 0 saturated heterocycles. The van der Waals surface area contributed by atoms with Crippen molar-refractivity contribution in [3.63, 3.8) is 0 Å². The van der Waals surface area contributed by atoms with E-state index in [4.69, 9.17) is 4.74 Å². The summed E-state index contributed by atoms with van der Waals surface area (Å²) in [4.78, 5) is 0. The van der Waals surface area contributed by atoms with Gasteiger partial charge in [-0.15, -0.1) is 0 Å². The van der Waals surface area contributed by atoms with Crippen molar-refractivity contribution in [2.45, 2.75) is 12.7 Å². The van der Waals surface area contributed by atoms with E-state index in [1.807, 2.05) is 18.2 Å². The van der Waals surface area contributed by atoms with Crippen LogP contribution in [0.4, 0.5) is 0 Å². The number of rotatable bonds is 0. The Labute approximate surface area is 59.1 Å². The summed E-state index contributed by atoms with van der Waals surface area (Å²) in [6, 6.07) is 0. The van der Waals surface area contributed by atoms with Gasteiger partial charge in [-0.3, -0.25) is 0 Å². The fraction of sp³-hybridized carbons (Fsp3) is 0.250. The summed E-state index contributed by atoms with van der Waals surface area (Å²) in [6.07, 6.45) is 7.35. The lowest BCUT2D eigenvalue weighted by molar-refractivity contribution is -0.108. The molecule has 0 aromatic carbocycles. The number of ether oxygens (including phenoxy) is 1. The second-order valence-electron chi connectivity index (χ2n) is 2.65. The molecule has 0 aromatic heterocycles. The van der Waals surface area contributed by atoms with Gasteiger partial charge in [0.1, 0.15) is 5.76 Å². The van der Waals surface area contributed by atoms with E-state index < -0.39 is 5.79 Å². The maximum atomic E-state index is 9.33. The maximum absolute atomic E-state index is 9.33. The van der Waals surface area contributed by atoms with E-state index >= 15 is 0 Å². The molecule has 2 rings (SSSR count). The molecule has 1 aliphatic heterocycles. The lowest BCUT2D eigenvalue weighted by Crippen LogP contribution is -2.19. The highest BCUT2D eigenvalue weighted by Gasteiger charge is 2.30. The summed E-state index contributed by atoms with van der Waals surface area (Å²) in [5.41, 5.74) is 0.977. The third-order valence-electron chi connectivity index (χ3n) is 1.55. The minimum Gasteiger partial charge on any atom is -0.459 e. The van der Waals surface area contributed by atoms with Crippen molar-refractivity contribution in [2.24, 2.45) is 0 Å². The van der Waals surface area contributed by atoms with Crippen LogP contribution in [0.5, 0.6) is 0 Å². The first kappa shape index (κ1) is 5.74. The summed E-state index contributed by atoms with van der Waals surface area (Å²) < 4.78 is 5.13. The van der Waals surface area contributed by atoms with Gasteiger partial charge < -0.3 is 9.84 Å². The van der Waals surface area contributed by atoms with E-state index in [1.165, 1.54) is 0 Å². The summed E-state index contributed by atoms with van der Waals surface area (Å²) >= 11 is 0. The summed E-state index contributed by atoms with van der Waals surface area (Å²) in [6.45, 7) is 1.62. The van der Waals surface area contributed by atoms with Gasteiger partial charge in [0.15, 0.2) is 0 Å². The molecule has 0 fully saturated rings.